The number of nitrogen functional groups attached to an aromatic ring is 1. The van der Waals surface area contributed by atoms with Crippen LogP contribution in [0.3, 0.4) is 0 Å². The average molecular weight is 275 g/mol. The van der Waals surface area contributed by atoms with E-state index < -0.39 is 12.2 Å². The van der Waals surface area contributed by atoms with E-state index in [1.807, 2.05) is 6.92 Å². The van der Waals surface area contributed by atoms with Gasteiger partial charge in [0.2, 0.25) is 0 Å². The highest BCUT2D eigenvalue weighted by molar-refractivity contribution is 9.09. The Balaban J connectivity index is 2.89. The smallest absolute Gasteiger partial charge is 0.129 e. The van der Waals surface area contributed by atoms with Gasteiger partial charge in [0.1, 0.15) is 11.9 Å². The van der Waals surface area contributed by atoms with Crippen LogP contribution in [0.1, 0.15) is 23.7 Å². The largest absolute Gasteiger partial charge is 0.390 e. The number of aryl methyl sites for hydroxylation is 1. The summed E-state index contributed by atoms with van der Waals surface area (Å²) in [6.07, 6.45) is 0.293. The molecule has 0 spiro atoms. The van der Waals surface area contributed by atoms with Crippen molar-refractivity contribution in [1.29, 1.82) is 0 Å². The third-order valence-corrected chi connectivity index (χ3v) is 2.63. The van der Waals surface area contributed by atoms with Gasteiger partial charge in [0.25, 0.3) is 0 Å². The second-order valence-corrected chi connectivity index (χ2v) is 4.27. The first-order valence-corrected chi connectivity index (χ1v) is 5.82. The van der Waals surface area contributed by atoms with Crippen molar-refractivity contribution in [3.8, 4) is 0 Å². The Morgan fingerprint density at radius 2 is 2.20 bits per heavy atom. The van der Waals surface area contributed by atoms with E-state index in [0.29, 0.717) is 17.3 Å². The first-order chi connectivity index (χ1) is 7.06. The van der Waals surface area contributed by atoms with Crippen molar-refractivity contribution in [3.63, 3.8) is 0 Å². The number of anilines is 1. The Kier molecular flexibility index (Phi) is 4.50. The molecule has 4 nitrogen and oxygen atoms in total. The number of nitrogens with zero attached hydrogens (tertiary/aromatic N) is 1. The molecule has 1 aromatic rings. The molecule has 2 atom stereocenters. The number of aromatic nitrogens is 1. The van der Waals surface area contributed by atoms with E-state index in [1.165, 1.54) is 0 Å². The molecule has 1 aromatic heterocycles. The molecule has 5 heteroatoms. The molecular weight excluding hydrogens is 260 g/mol. The monoisotopic (exact) mass is 274 g/mol. The topological polar surface area (TPSA) is 79.4 Å². The first kappa shape index (κ1) is 12.4. The molecule has 15 heavy (non-hydrogen) atoms. The molecule has 0 aliphatic heterocycles. The number of alkyl halides is 1. The quantitative estimate of drug-likeness (QED) is 0.720. The summed E-state index contributed by atoms with van der Waals surface area (Å²) in [6, 6.07) is 1.74. The second-order valence-electron chi connectivity index (χ2n) is 3.48. The van der Waals surface area contributed by atoms with Gasteiger partial charge in [-0.25, -0.2) is 4.98 Å². The third kappa shape index (κ3) is 3.15. The van der Waals surface area contributed by atoms with Gasteiger partial charge in [-0.05, 0) is 25.0 Å². The molecule has 0 amide bonds. The SMILES string of the molecule is Cc1cnc(N)c(C(O)C(O)CCBr)c1. The summed E-state index contributed by atoms with van der Waals surface area (Å²) in [6.45, 7) is 1.86. The molecule has 2 unspecified atom stereocenters. The highest BCUT2D eigenvalue weighted by Crippen LogP contribution is 2.24. The molecule has 0 aromatic carbocycles. The van der Waals surface area contributed by atoms with Crippen molar-refractivity contribution in [3.05, 3.63) is 23.4 Å². The molecule has 0 aliphatic carbocycles. The molecule has 0 saturated heterocycles. The standard InChI is InChI=1S/C10H15BrN2O2/c1-6-4-7(10(12)13-5-6)9(15)8(14)2-3-11/h4-5,8-9,14-15H,2-3H2,1H3,(H2,12,13). The minimum atomic E-state index is -0.977. The van der Waals surface area contributed by atoms with Crippen molar-refractivity contribution in [2.75, 3.05) is 11.1 Å². The summed E-state index contributed by atoms with van der Waals surface area (Å²) in [5.41, 5.74) is 7.03. The van der Waals surface area contributed by atoms with Crippen molar-refractivity contribution < 1.29 is 10.2 Å². The van der Waals surface area contributed by atoms with Crippen LogP contribution >= 0.6 is 15.9 Å². The molecule has 0 saturated carbocycles. The first-order valence-electron chi connectivity index (χ1n) is 4.70. The van der Waals surface area contributed by atoms with Crippen LogP contribution in [0.15, 0.2) is 12.3 Å². The predicted molar refractivity (Wildman–Crippen MR) is 62.8 cm³/mol. The Morgan fingerprint density at radius 1 is 1.53 bits per heavy atom. The van der Waals surface area contributed by atoms with Gasteiger partial charge in [-0.2, -0.15) is 0 Å². The summed E-state index contributed by atoms with van der Waals surface area (Å²) >= 11 is 3.21. The average Bonchev–Trinajstić information content (AvgIpc) is 2.21. The fourth-order valence-electron chi connectivity index (χ4n) is 1.32. The van der Waals surface area contributed by atoms with Crippen LogP contribution in [0.2, 0.25) is 0 Å². The van der Waals surface area contributed by atoms with E-state index in [-0.39, 0.29) is 5.82 Å². The van der Waals surface area contributed by atoms with Crippen LogP contribution in [0, 0.1) is 6.92 Å². The van der Waals surface area contributed by atoms with E-state index in [0.717, 1.165) is 5.56 Å². The summed E-state index contributed by atoms with van der Waals surface area (Å²) in [4.78, 5) is 3.94. The summed E-state index contributed by atoms with van der Waals surface area (Å²) in [7, 11) is 0. The Bertz CT molecular complexity index is 333. The van der Waals surface area contributed by atoms with Gasteiger partial charge in [-0.1, -0.05) is 15.9 Å². The van der Waals surface area contributed by atoms with Crippen molar-refractivity contribution in [1.82, 2.24) is 4.98 Å². The maximum atomic E-state index is 9.83. The number of nitrogens with two attached hydrogens (primary N) is 1. The van der Waals surface area contributed by atoms with Gasteiger partial charge in [0.05, 0.1) is 6.10 Å². The molecule has 0 aliphatic rings. The minimum Gasteiger partial charge on any atom is -0.390 e. The second kappa shape index (κ2) is 5.44. The highest BCUT2D eigenvalue weighted by Gasteiger charge is 2.20. The molecule has 0 fully saturated rings. The van der Waals surface area contributed by atoms with Crippen LogP contribution in [-0.2, 0) is 0 Å². The summed E-state index contributed by atoms with van der Waals surface area (Å²) < 4.78 is 0. The van der Waals surface area contributed by atoms with Crippen molar-refractivity contribution in [2.45, 2.75) is 25.6 Å². The normalized spacial score (nSPS) is 14.9. The van der Waals surface area contributed by atoms with Gasteiger partial charge >= 0.3 is 0 Å². The van der Waals surface area contributed by atoms with Crippen molar-refractivity contribution >= 4 is 21.7 Å². The van der Waals surface area contributed by atoms with Crippen LogP contribution in [0.5, 0.6) is 0 Å². The predicted octanol–water partition coefficient (Wildman–Crippen LogP) is 1.15. The number of aliphatic hydroxyl groups is 2. The van der Waals surface area contributed by atoms with Crippen LogP contribution < -0.4 is 5.73 Å². The van der Waals surface area contributed by atoms with Crippen LogP contribution in [0.4, 0.5) is 5.82 Å². The number of rotatable bonds is 4. The Morgan fingerprint density at radius 3 is 2.80 bits per heavy atom. The lowest BCUT2D eigenvalue weighted by atomic mass is 10.0. The number of hydrogen-bond donors (Lipinski definition) is 3. The zero-order chi connectivity index (χ0) is 11.4. The van der Waals surface area contributed by atoms with Crippen molar-refractivity contribution in [2.24, 2.45) is 0 Å². The lowest BCUT2D eigenvalue weighted by Crippen LogP contribution is -2.20. The van der Waals surface area contributed by atoms with Gasteiger partial charge < -0.3 is 15.9 Å². The van der Waals surface area contributed by atoms with Gasteiger partial charge in [0.15, 0.2) is 0 Å². The summed E-state index contributed by atoms with van der Waals surface area (Å²) in [5, 5.41) is 20.1. The van der Waals surface area contributed by atoms with Crippen LogP contribution in [-0.4, -0.2) is 26.6 Å². The highest BCUT2D eigenvalue weighted by atomic mass is 79.9. The molecule has 0 bridgehead atoms. The third-order valence-electron chi connectivity index (χ3n) is 2.17. The van der Waals surface area contributed by atoms with Gasteiger partial charge in [-0.3, -0.25) is 0 Å². The molecule has 4 N–H and O–H groups in total. The lowest BCUT2D eigenvalue weighted by Gasteiger charge is -2.18. The zero-order valence-electron chi connectivity index (χ0n) is 8.52. The van der Waals surface area contributed by atoms with Crippen LogP contribution in [0.25, 0.3) is 0 Å². The van der Waals surface area contributed by atoms with E-state index in [1.54, 1.807) is 12.3 Å². The minimum absolute atomic E-state index is 0.265. The number of pyridine rings is 1. The number of halogens is 1. The molecule has 84 valence electrons. The fourth-order valence-corrected chi connectivity index (χ4v) is 1.79. The summed E-state index contributed by atoms with van der Waals surface area (Å²) in [5.74, 6) is 0.265. The molecule has 1 rings (SSSR count). The Hall–Kier alpha value is -0.650. The maximum Gasteiger partial charge on any atom is 0.129 e. The zero-order valence-corrected chi connectivity index (χ0v) is 10.1. The number of hydrogen-bond acceptors (Lipinski definition) is 4. The Labute approximate surface area is 97.3 Å². The van der Waals surface area contributed by atoms with E-state index in [9.17, 15) is 10.2 Å². The number of aliphatic hydroxyl groups excluding tert-OH is 2. The van der Waals surface area contributed by atoms with E-state index in [4.69, 9.17) is 5.73 Å². The molecule has 1 heterocycles. The van der Waals surface area contributed by atoms with E-state index >= 15 is 0 Å². The molecular formula is C10H15BrN2O2. The van der Waals surface area contributed by atoms with Gasteiger partial charge in [0, 0.05) is 17.1 Å². The van der Waals surface area contributed by atoms with E-state index in [2.05, 4.69) is 20.9 Å². The maximum absolute atomic E-state index is 9.83. The fraction of sp³-hybridized carbons (Fsp3) is 0.500. The molecule has 0 radical (unpaired) electrons. The lowest BCUT2D eigenvalue weighted by molar-refractivity contribution is 0.0176. The van der Waals surface area contributed by atoms with Gasteiger partial charge in [-0.15, -0.1) is 0 Å².